The van der Waals surface area contributed by atoms with E-state index in [1.165, 1.54) is 18.2 Å². The van der Waals surface area contributed by atoms with Crippen LogP contribution in [0, 0.1) is 16.0 Å². The maximum atomic E-state index is 12.5. The minimum absolute atomic E-state index is 0. The molecule has 1 fully saturated rings. The quantitative estimate of drug-likeness (QED) is 0.484. The van der Waals surface area contributed by atoms with Crippen molar-refractivity contribution in [2.45, 2.75) is 19.8 Å². The maximum Gasteiger partial charge on any atom is 0.270 e. The van der Waals surface area contributed by atoms with Gasteiger partial charge in [0.05, 0.1) is 10.5 Å². The van der Waals surface area contributed by atoms with E-state index in [0.29, 0.717) is 19.0 Å². The third-order valence-electron chi connectivity index (χ3n) is 4.06. The number of hydrogen-bond donors (Lipinski definition) is 2. The van der Waals surface area contributed by atoms with Crippen LogP contribution in [0.5, 0.6) is 0 Å². The molecule has 1 aliphatic heterocycles. The van der Waals surface area contributed by atoms with Gasteiger partial charge in [0.1, 0.15) is 0 Å². The van der Waals surface area contributed by atoms with E-state index < -0.39 is 4.92 Å². The molecule has 0 unspecified atom stereocenters. The monoisotopic (exact) mass is 342 g/mol. The number of carbonyl (C=O) groups is 1. The van der Waals surface area contributed by atoms with Gasteiger partial charge in [0.2, 0.25) is 0 Å². The van der Waals surface area contributed by atoms with Crippen molar-refractivity contribution in [3.63, 3.8) is 0 Å². The van der Waals surface area contributed by atoms with Crippen molar-refractivity contribution >= 4 is 29.7 Å². The molecule has 0 aromatic heterocycles. The minimum atomic E-state index is -0.515. The number of rotatable bonds is 5. The zero-order valence-electron chi connectivity index (χ0n) is 13.2. The van der Waals surface area contributed by atoms with Crippen LogP contribution in [-0.2, 0) is 0 Å². The lowest BCUT2D eigenvalue weighted by Gasteiger charge is -2.32. The van der Waals surface area contributed by atoms with E-state index in [1.807, 2.05) is 0 Å². The summed E-state index contributed by atoms with van der Waals surface area (Å²) < 4.78 is 0. The number of benzene rings is 1. The number of piperidine rings is 1. The topological polar surface area (TPSA) is 102 Å². The zero-order chi connectivity index (χ0) is 16.1. The number of amides is 1. The van der Waals surface area contributed by atoms with E-state index in [1.54, 1.807) is 4.90 Å². The van der Waals surface area contributed by atoms with E-state index in [0.717, 1.165) is 25.9 Å². The van der Waals surface area contributed by atoms with Gasteiger partial charge in [-0.25, -0.2) is 0 Å². The van der Waals surface area contributed by atoms with E-state index in [-0.39, 0.29) is 35.3 Å². The number of nitrogens with one attached hydrogen (secondary N) is 1. The fourth-order valence-electron chi connectivity index (χ4n) is 2.70. The van der Waals surface area contributed by atoms with Gasteiger partial charge < -0.3 is 16.0 Å². The molecular weight excluding hydrogens is 320 g/mol. The number of nitrogens with zero attached hydrogens (tertiary/aromatic N) is 2. The van der Waals surface area contributed by atoms with Crippen molar-refractivity contribution in [2.75, 3.05) is 31.9 Å². The largest absolute Gasteiger partial charge is 0.398 e. The molecule has 0 radical (unpaired) electrons. The summed E-state index contributed by atoms with van der Waals surface area (Å²) in [5.74, 6) is 0.356. The van der Waals surface area contributed by atoms with Crippen LogP contribution in [0.2, 0.25) is 0 Å². The van der Waals surface area contributed by atoms with Crippen molar-refractivity contribution in [2.24, 2.45) is 5.92 Å². The van der Waals surface area contributed by atoms with Crippen LogP contribution in [0.4, 0.5) is 11.4 Å². The van der Waals surface area contributed by atoms with E-state index in [9.17, 15) is 14.9 Å². The maximum absolute atomic E-state index is 12.5. The second kappa shape index (κ2) is 8.69. The Hall–Kier alpha value is -1.86. The lowest BCUT2D eigenvalue weighted by atomic mass is 9.96. The van der Waals surface area contributed by atoms with Crippen molar-refractivity contribution in [1.82, 2.24) is 10.2 Å². The third kappa shape index (κ3) is 4.80. The first-order valence-corrected chi connectivity index (χ1v) is 7.56. The predicted molar refractivity (Wildman–Crippen MR) is 91.9 cm³/mol. The molecule has 0 atom stereocenters. The fourth-order valence-corrected chi connectivity index (χ4v) is 2.70. The summed E-state index contributed by atoms with van der Waals surface area (Å²) >= 11 is 0. The average molecular weight is 343 g/mol. The Bertz CT molecular complexity index is 560. The highest BCUT2D eigenvalue weighted by Crippen LogP contribution is 2.24. The Balaban J connectivity index is 0.00000264. The molecular formula is C15H23ClN4O3. The van der Waals surface area contributed by atoms with Crippen LogP contribution >= 0.6 is 12.4 Å². The first-order chi connectivity index (χ1) is 10.5. The molecule has 0 saturated carbocycles. The second-order valence-electron chi connectivity index (χ2n) is 5.57. The summed E-state index contributed by atoms with van der Waals surface area (Å²) in [5.41, 5.74) is 6.20. The lowest BCUT2D eigenvalue weighted by Crippen LogP contribution is -2.41. The number of nitro groups is 1. The Morgan fingerprint density at radius 3 is 2.65 bits per heavy atom. The highest BCUT2D eigenvalue weighted by molar-refractivity contribution is 5.99. The molecule has 1 saturated heterocycles. The molecule has 128 valence electrons. The summed E-state index contributed by atoms with van der Waals surface area (Å²) in [5, 5.41) is 14.2. The molecule has 3 N–H and O–H groups in total. The van der Waals surface area contributed by atoms with Gasteiger partial charge in [-0.1, -0.05) is 6.92 Å². The Labute approximate surface area is 141 Å². The summed E-state index contributed by atoms with van der Waals surface area (Å²) in [7, 11) is 0. The van der Waals surface area contributed by atoms with Gasteiger partial charge in [-0.3, -0.25) is 14.9 Å². The van der Waals surface area contributed by atoms with E-state index >= 15 is 0 Å². The first kappa shape index (κ1) is 19.2. The highest BCUT2D eigenvalue weighted by Gasteiger charge is 2.25. The van der Waals surface area contributed by atoms with Crippen LogP contribution in [0.1, 0.15) is 30.1 Å². The molecule has 0 spiro atoms. The normalized spacial score (nSPS) is 15.1. The number of anilines is 1. The summed E-state index contributed by atoms with van der Waals surface area (Å²) in [6.45, 7) is 5.32. The average Bonchev–Trinajstić information content (AvgIpc) is 2.53. The molecule has 7 nitrogen and oxygen atoms in total. The summed E-state index contributed by atoms with van der Waals surface area (Å²) in [6.07, 6.45) is 1.88. The number of nitrogen functional groups attached to an aromatic ring is 1. The molecule has 1 amide bonds. The highest BCUT2D eigenvalue weighted by atomic mass is 35.5. The van der Waals surface area contributed by atoms with Crippen molar-refractivity contribution in [3.05, 3.63) is 33.9 Å². The van der Waals surface area contributed by atoms with Gasteiger partial charge in [0, 0.05) is 30.9 Å². The number of non-ortho nitro benzene ring substituents is 1. The summed E-state index contributed by atoms with van der Waals surface area (Å²) in [4.78, 5) is 24.6. The zero-order valence-corrected chi connectivity index (χ0v) is 14.0. The van der Waals surface area contributed by atoms with Gasteiger partial charge >= 0.3 is 0 Å². The van der Waals surface area contributed by atoms with Crippen LogP contribution in [0.15, 0.2) is 18.2 Å². The molecule has 1 aromatic carbocycles. The Morgan fingerprint density at radius 2 is 2.09 bits per heavy atom. The number of halogens is 1. The predicted octanol–water partition coefficient (Wildman–Crippen LogP) is 2.06. The molecule has 0 bridgehead atoms. The van der Waals surface area contributed by atoms with Gasteiger partial charge in [0.15, 0.2) is 0 Å². The lowest BCUT2D eigenvalue weighted by molar-refractivity contribution is -0.384. The number of nitrogens with two attached hydrogens (primary N) is 1. The Morgan fingerprint density at radius 1 is 1.43 bits per heavy atom. The van der Waals surface area contributed by atoms with Crippen LogP contribution < -0.4 is 11.1 Å². The molecule has 2 rings (SSSR count). The number of likely N-dealkylation sites (tertiary alicyclic amines) is 1. The first-order valence-electron chi connectivity index (χ1n) is 7.56. The fraction of sp³-hybridized carbons (Fsp3) is 0.533. The molecule has 8 heteroatoms. The third-order valence-corrected chi connectivity index (χ3v) is 4.06. The van der Waals surface area contributed by atoms with Crippen LogP contribution in [0.25, 0.3) is 0 Å². The van der Waals surface area contributed by atoms with Crippen LogP contribution in [0.3, 0.4) is 0 Å². The van der Waals surface area contributed by atoms with Crippen LogP contribution in [-0.4, -0.2) is 41.9 Å². The van der Waals surface area contributed by atoms with Gasteiger partial charge in [-0.05, 0) is 37.9 Å². The smallest absolute Gasteiger partial charge is 0.270 e. The van der Waals surface area contributed by atoms with E-state index in [2.05, 4.69) is 12.2 Å². The molecule has 1 heterocycles. The molecule has 23 heavy (non-hydrogen) atoms. The number of carbonyl (C=O) groups excluding carboxylic acids is 1. The van der Waals surface area contributed by atoms with Gasteiger partial charge in [-0.2, -0.15) is 0 Å². The molecule has 0 aliphatic carbocycles. The van der Waals surface area contributed by atoms with Crippen molar-refractivity contribution in [1.29, 1.82) is 0 Å². The summed E-state index contributed by atoms with van der Waals surface area (Å²) in [6, 6.07) is 4.00. The molecule has 1 aromatic rings. The standard InChI is InChI=1S/C15H22N4O3.ClH/c1-2-17-10-11-5-7-18(8-6-11)15(20)13-9-12(19(21)22)3-4-14(13)16;/h3-4,9,11,17H,2,5-8,10,16H2,1H3;1H. The number of hydrogen-bond acceptors (Lipinski definition) is 5. The molecule has 1 aliphatic rings. The Kier molecular flexibility index (Phi) is 7.25. The van der Waals surface area contributed by atoms with Crippen molar-refractivity contribution < 1.29 is 9.72 Å². The minimum Gasteiger partial charge on any atom is -0.398 e. The van der Waals surface area contributed by atoms with E-state index in [4.69, 9.17) is 5.73 Å². The van der Waals surface area contributed by atoms with Crippen molar-refractivity contribution in [3.8, 4) is 0 Å². The SMILES string of the molecule is CCNCC1CCN(C(=O)c2cc([N+](=O)[O-])ccc2N)CC1.Cl. The van der Waals surface area contributed by atoms with Gasteiger partial charge in [-0.15, -0.1) is 12.4 Å². The second-order valence-corrected chi connectivity index (χ2v) is 5.57. The van der Waals surface area contributed by atoms with Gasteiger partial charge in [0.25, 0.3) is 11.6 Å². The number of nitro benzene ring substituents is 1.